The van der Waals surface area contributed by atoms with Crippen molar-refractivity contribution in [2.75, 3.05) is 40.8 Å². The third kappa shape index (κ3) is 16.1. The fourth-order valence-corrected chi connectivity index (χ4v) is 2.42. The largest absolute Gasteiger partial charge is 0.330 e. The van der Waals surface area contributed by atoms with Crippen LogP contribution in [0.4, 0.5) is 0 Å². The Morgan fingerprint density at radius 2 is 1.29 bits per heavy atom. The SMILES string of the molecule is C[N+](C)(C)CCNCCCCCCCCC[SiH3]. The van der Waals surface area contributed by atoms with Gasteiger partial charge >= 0.3 is 0 Å². The molecule has 0 unspecified atom stereocenters. The molecule has 0 fully saturated rings. The number of unbranched alkanes of at least 4 members (excludes halogenated alkanes) is 6. The van der Waals surface area contributed by atoms with Crippen molar-refractivity contribution in [3.8, 4) is 0 Å². The van der Waals surface area contributed by atoms with Gasteiger partial charge in [-0.3, -0.25) is 0 Å². The van der Waals surface area contributed by atoms with Crippen molar-refractivity contribution in [2.45, 2.75) is 51.0 Å². The Morgan fingerprint density at radius 3 is 1.82 bits per heavy atom. The second kappa shape index (κ2) is 11.2. The summed E-state index contributed by atoms with van der Waals surface area (Å²) in [5, 5.41) is 3.54. The first kappa shape index (κ1) is 17.1. The monoisotopic (exact) mass is 259 g/mol. The van der Waals surface area contributed by atoms with Crippen LogP contribution in [-0.2, 0) is 0 Å². The molecule has 0 heterocycles. The van der Waals surface area contributed by atoms with Gasteiger partial charge in [0.25, 0.3) is 0 Å². The molecule has 0 saturated carbocycles. The molecule has 0 radical (unpaired) electrons. The molecule has 0 atom stereocenters. The number of rotatable bonds is 12. The average molecular weight is 260 g/mol. The molecule has 0 aliphatic rings. The highest BCUT2D eigenvalue weighted by Gasteiger charge is 2.04. The van der Waals surface area contributed by atoms with E-state index < -0.39 is 0 Å². The average Bonchev–Trinajstić information content (AvgIpc) is 2.24. The van der Waals surface area contributed by atoms with Gasteiger partial charge in [0.1, 0.15) is 0 Å². The minimum absolute atomic E-state index is 1.06. The first-order chi connectivity index (χ1) is 8.06. The maximum absolute atomic E-state index is 3.54. The standard InChI is InChI=1S/C14H35N2Si/c1-16(2,3)13-12-15-11-9-7-5-4-6-8-10-14-17/h15H,4-14H2,1-3,17H3/q+1. The minimum atomic E-state index is 1.06. The molecule has 0 aliphatic heterocycles. The van der Waals surface area contributed by atoms with Gasteiger partial charge in [-0.25, -0.2) is 0 Å². The minimum Gasteiger partial charge on any atom is -0.330 e. The molecule has 104 valence electrons. The quantitative estimate of drug-likeness (QED) is 0.320. The van der Waals surface area contributed by atoms with Crippen molar-refractivity contribution in [1.29, 1.82) is 0 Å². The molecule has 0 aromatic carbocycles. The van der Waals surface area contributed by atoms with Crippen LogP contribution in [0.15, 0.2) is 0 Å². The maximum Gasteiger partial charge on any atom is 0.0907 e. The van der Waals surface area contributed by atoms with Crippen LogP contribution in [0.3, 0.4) is 0 Å². The zero-order chi connectivity index (χ0) is 13.0. The van der Waals surface area contributed by atoms with Crippen LogP contribution in [0.2, 0.25) is 6.04 Å². The summed E-state index contributed by atoms with van der Waals surface area (Å²) in [6.45, 7) is 3.59. The number of quaternary nitrogens is 1. The second-order valence-electron chi connectivity index (χ2n) is 6.24. The zero-order valence-corrected chi connectivity index (χ0v) is 14.7. The third-order valence-electron chi connectivity index (χ3n) is 3.17. The third-order valence-corrected chi connectivity index (χ3v) is 3.87. The maximum atomic E-state index is 3.54. The Morgan fingerprint density at radius 1 is 0.765 bits per heavy atom. The summed E-state index contributed by atoms with van der Waals surface area (Å²) in [5.74, 6) is 0. The van der Waals surface area contributed by atoms with Crippen molar-refractivity contribution >= 4 is 10.2 Å². The van der Waals surface area contributed by atoms with Crippen molar-refractivity contribution in [2.24, 2.45) is 0 Å². The summed E-state index contributed by atoms with van der Waals surface area (Å²) in [6, 6.07) is 1.50. The summed E-state index contributed by atoms with van der Waals surface area (Å²) >= 11 is 0. The fraction of sp³-hybridized carbons (Fsp3) is 1.00. The highest BCUT2D eigenvalue weighted by atomic mass is 28.1. The van der Waals surface area contributed by atoms with Crippen LogP contribution >= 0.6 is 0 Å². The first-order valence-corrected chi connectivity index (χ1v) is 8.99. The Hall–Kier alpha value is 0.137. The molecular formula is C14H35N2Si+. The lowest BCUT2D eigenvalue weighted by molar-refractivity contribution is -0.869. The van der Waals surface area contributed by atoms with Gasteiger partial charge in [-0.1, -0.05) is 44.6 Å². The zero-order valence-electron chi connectivity index (χ0n) is 12.7. The summed E-state index contributed by atoms with van der Waals surface area (Å²) < 4.78 is 1.06. The fourth-order valence-electron chi connectivity index (χ4n) is 1.92. The van der Waals surface area contributed by atoms with Crippen LogP contribution in [0, 0.1) is 0 Å². The Balaban J connectivity index is 2.99. The highest BCUT2D eigenvalue weighted by molar-refractivity contribution is 6.08. The van der Waals surface area contributed by atoms with Gasteiger partial charge in [-0.05, 0) is 13.0 Å². The molecule has 0 bridgehead atoms. The summed E-state index contributed by atoms with van der Waals surface area (Å²) in [7, 11) is 8.15. The van der Waals surface area contributed by atoms with Gasteiger partial charge in [0, 0.05) is 16.8 Å². The van der Waals surface area contributed by atoms with E-state index in [-0.39, 0.29) is 0 Å². The molecule has 0 aromatic heterocycles. The first-order valence-electron chi connectivity index (χ1n) is 7.57. The lowest BCUT2D eigenvalue weighted by Crippen LogP contribution is -2.40. The molecule has 17 heavy (non-hydrogen) atoms. The highest BCUT2D eigenvalue weighted by Crippen LogP contribution is 2.07. The summed E-state index contributed by atoms with van der Waals surface area (Å²) in [5.41, 5.74) is 0. The smallest absolute Gasteiger partial charge is 0.0907 e. The molecule has 0 saturated heterocycles. The number of hydrogen-bond donors (Lipinski definition) is 1. The number of nitrogens with zero attached hydrogens (tertiary/aromatic N) is 1. The van der Waals surface area contributed by atoms with Crippen LogP contribution in [0.5, 0.6) is 0 Å². The van der Waals surface area contributed by atoms with E-state index >= 15 is 0 Å². The van der Waals surface area contributed by atoms with E-state index in [2.05, 4.69) is 26.5 Å². The summed E-state index contributed by atoms with van der Waals surface area (Å²) in [6.07, 6.45) is 10.1. The van der Waals surface area contributed by atoms with Crippen LogP contribution < -0.4 is 5.32 Å². The molecule has 0 aliphatic carbocycles. The topological polar surface area (TPSA) is 12.0 Å². The predicted octanol–water partition coefficient (Wildman–Crippen LogP) is 1.80. The van der Waals surface area contributed by atoms with E-state index in [1.165, 1.54) is 74.3 Å². The second-order valence-corrected chi connectivity index (χ2v) is 7.24. The van der Waals surface area contributed by atoms with Gasteiger partial charge in [0.15, 0.2) is 0 Å². The lowest BCUT2D eigenvalue weighted by atomic mass is 10.1. The van der Waals surface area contributed by atoms with Crippen molar-refractivity contribution in [3.05, 3.63) is 0 Å². The number of likely N-dealkylation sites (N-methyl/N-ethyl adjacent to an activating group) is 1. The molecular weight excluding hydrogens is 224 g/mol. The van der Waals surface area contributed by atoms with E-state index in [1.54, 1.807) is 0 Å². The van der Waals surface area contributed by atoms with Crippen LogP contribution in [0.25, 0.3) is 0 Å². The van der Waals surface area contributed by atoms with Crippen molar-refractivity contribution in [3.63, 3.8) is 0 Å². The Kier molecular flexibility index (Phi) is 11.3. The predicted molar refractivity (Wildman–Crippen MR) is 82.8 cm³/mol. The van der Waals surface area contributed by atoms with E-state index in [9.17, 15) is 0 Å². The summed E-state index contributed by atoms with van der Waals surface area (Å²) in [4.78, 5) is 0. The van der Waals surface area contributed by atoms with E-state index in [0.717, 1.165) is 11.0 Å². The van der Waals surface area contributed by atoms with Crippen molar-refractivity contribution in [1.82, 2.24) is 5.32 Å². The van der Waals surface area contributed by atoms with Gasteiger partial charge < -0.3 is 9.80 Å². The van der Waals surface area contributed by atoms with Crippen LogP contribution in [0.1, 0.15) is 44.9 Å². The molecule has 3 heteroatoms. The molecule has 0 spiro atoms. The van der Waals surface area contributed by atoms with Crippen LogP contribution in [-0.4, -0.2) is 55.5 Å². The Labute approximate surface area is 112 Å². The van der Waals surface area contributed by atoms with Gasteiger partial charge in [0.05, 0.1) is 27.7 Å². The normalized spacial score (nSPS) is 12.2. The van der Waals surface area contributed by atoms with E-state index in [1.807, 2.05) is 0 Å². The van der Waals surface area contributed by atoms with E-state index in [0.29, 0.717) is 0 Å². The molecule has 0 rings (SSSR count). The molecule has 1 N–H and O–H groups in total. The lowest BCUT2D eigenvalue weighted by Gasteiger charge is -2.23. The van der Waals surface area contributed by atoms with Gasteiger partial charge in [0.2, 0.25) is 0 Å². The number of hydrogen-bond acceptors (Lipinski definition) is 1. The molecule has 2 nitrogen and oxygen atoms in total. The molecule has 0 amide bonds. The van der Waals surface area contributed by atoms with Gasteiger partial charge in [-0.15, -0.1) is 0 Å². The Bertz CT molecular complexity index is 155. The molecule has 0 aromatic rings. The van der Waals surface area contributed by atoms with E-state index in [4.69, 9.17) is 0 Å². The van der Waals surface area contributed by atoms with Gasteiger partial charge in [-0.2, -0.15) is 0 Å². The van der Waals surface area contributed by atoms with Crippen molar-refractivity contribution < 1.29 is 4.48 Å². The number of nitrogens with one attached hydrogen (secondary N) is 1.